The summed E-state index contributed by atoms with van der Waals surface area (Å²) in [6.07, 6.45) is 2.12. The van der Waals surface area contributed by atoms with E-state index in [0.717, 1.165) is 30.9 Å². The summed E-state index contributed by atoms with van der Waals surface area (Å²) < 4.78 is 11.3. The number of ether oxygens (including phenoxy) is 2. The van der Waals surface area contributed by atoms with Crippen molar-refractivity contribution >= 4 is 0 Å². The summed E-state index contributed by atoms with van der Waals surface area (Å²) in [5.41, 5.74) is 8.07. The van der Waals surface area contributed by atoms with E-state index in [0.29, 0.717) is 19.1 Å². The third kappa shape index (κ3) is 3.56. The van der Waals surface area contributed by atoms with E-state index in [4.69, 9.17) is 15.2 Å². The first kappa shape index (κ1) is 14.0. The first-order valence-corrected chi connectivity index (χ1v) is 7.47. The van der Waals surface area contributed by atoms with Crippen LogP contribution in [0.3, 0.4) is 0 Å². The van der Waals surface area contributed by atoms with Crippen molar-refractivity contribution in [3.63, 3.8) is 0 Å². The lowest BCUT2D eigenvalue weighted by atomic mass is 9.91. The molecule has 0 fully saturated rings. The molecule has 2 N–H and O–H groups in total. The predicted octanol–water partition coefficient (Wildman–Crippen LogP) is 2.82. The molecule has 3 heteroatoms. The summed E-state index contributed by atoms with van der Waals surface area (Å²) in [6, 6.07) is 16.6. The van der Waals surface area contributed by atoms with E-state index in [9.17, 15) is 0 Å². The molecule has 3 rings (SSSR count). The molecule has 0 bridgehead atoms. The minimum Gasteiger partial charge on any atom is -0.493 e. The van der Waals surface area contributed by atoms with Gasteiger partial charge in [-0.15, -0.1) is 0 Å². The number of rotatable bonds is 5. The maximum absolute atomic E-state index is 5.85. The van der Waals surface area contributed by atoms with Crippen LogP contribution in [-0.2, 0) is 12.8 Å². The van der Waals surface area contributed by atoms with E-state index < -0.39 is 0 Å². The Labute approximate surface area is 125 Å². The molecule has 21 heavy (non-hydrogen) atoms. The van der Waals surface area contributed by atoms with Gasteiger partial charge in [-0.25, -0.2) is 0 Å². The van der Waals surface area contributed by atoms with Crippen LogP contribution in [0.1, 0.15) is 11.1 Å². The molecule has 0 aliphatic carbocycles. The molecule has 1 aliphatic heterocycles. The van der Waals surface area contributed by atoms with Crippen LogP contribution in [0.15, 0.2) is 48.5 Å². The monoisotopic (exact) mass is 283 g/mol. The summed E-state index contributed by atoms with van der Waals surface area (Å²) in [7, 11) is 0. The lowest BCUT2D eigenvalue weighted by molar-refractivity contribution is 0.221. The van der Waals surface area contributed by atoms with Gasteiger partial charge in [-0.05, 0) is 42.2 Å². The fourth-order valence-electron chi connectivity index (χ4n) is 2.75. The van der Waals surface area contributed by atoms with Crippen LogP contribution >= 0.6 is 0 Å². The van der Waals surface area contributed by atoms with Gasteiger partial charge in [0.2, 0.25) is 0 Å². The third-order valence-electron chi connectivity index (χ3n) is 3.79. The summed E-state index contributed by atoms with van der Waals surface area (Å²) in [6.45, 7) is 1.90. The van der Waals surface area contributed by atoms with Crippen LogP contribution in [0.25, 0.3) is 0 Å². The van der Waals surface area contributed by atoms with Gasteiger partial charge in [0.15, 0.2) is 0 Å². The Bertz CT molecular complexity index is 580. The first-order valence-electron chi connectivity index (χ1n) is 7.47. The molecular formula is C18H21NO2. The highest BCUT2D eigenvalue weighted by Gasteiger charge is 2.19. The van der Waals surface area contributed by atoms with Crippen LogP contribution in [0.2, 0.25) is 0 Å². The molecule has 0 aromatic heterocycles. The molecule has 2 aromatic rings. The van der Waals surface area contributed by atoms with Crippen LogP contribution in [0.4, 0.5) is 0 Å². The van der Waals surface area contributed by atoms with Crippen molar-refractivity contribution in [3.8, 4) is 11.5 Å². The summed E-state index contributed by atoms with van der Waals surface area (Å²) in [5, 5.41) is 0. The van der Waals surface area contributed by atoms with Crippen molar-refractivity contribution in [1.82, 2.24) is 0 Å². The Kier molecular flexibility index (Phi) is 4.41. The zero-order chi connectivity index (χ0) is 14.5. The van der Waals surface area contributed by atoms with E-state index in [1.807, 2.05) is 18.2 Å². The number of benzene rings is 2. The summed E-state index contributed by atoms with van der Waals surface area (Å²) in [4.78, 5) is 0. The summed E-state index contributed by atoms with van der Waals surface area (Å²) in [5.74, 6) is 2.46. The highest BCUT2D eigenvalue weighted by Crippen LogP contribution is 2.28. The van der Waals surface area contributed by atoms with Crippen molar-refractivity contribution in [2.45, 2.75) is 12.8 Å². The maximum Gasteiger partial charge on any atom is 0.122 e. The molecule has 2 aromatic carbocycles. The second kappa shape index (κ2) is 6.64. The van der Waals surface area contributed by atoms with Crippen molar-refractivity contribution in [2.75, 3.05) is 19.8 Å². The molecular weight excluding hydrogens is 262 g/mol. The molecule has 0 saturated carbocycles. The molecule has 0 spiro atoms. The average Bonchev–Trinajstić information content (AvgIpc) is 2.54. The lowest BCUT2D eigenvalue weighted by Crippen LogP contribution is -2.22. The minimum atomic E-state index is 0.538. The van der Waals surface area contributed by atoms with Gasteiger partial charge in [0.1, 0.15) is 18.1 Å². The molecule has 0 saturated heterocycles. The van der Waals surface area contributed by atoms with E-state index in [2.05, 4.69) is 30.3 Å². The molecule has 0 radical (unpaired) electrons. The number of fused-ring (bicyclic) bond motifs is 1. The molecule has 0 unspecified atom stereocenters. The molecule has 1 aliphatic rings. The Morgan fingerprint density at radius 2 is 1.90 bits per heavy atom. The van der Waals surface area contributed by atoms with Gasteiger partial charge in [0.05, 0.1) is 6.61 Å². The van der Waals surface area contributed by atoms with Crippen LogP contribution in [-0.4, -0.2) is 19.8 Å². The standard InChI is InChI=1S/C18H21NO2/c19-9-10-20-17-7-5-14(6-8-17)11-15-12-16-3-1-2-4-18(16)21-13-15/h1-8,15H,9-13,19H2/t15-/m0/s1. The summed E-state index contributed by atoms with van der Waals surface area (Å²) >= 11 is 0. The Morgan fingerprint density at radius 1 is 1.10 bits per heavy atom. The molecule has 1 atom stereocenters. The van der Waals surface area contributed by atoms with E-state index in [1.165, 1.54) is 11.1 Å². The van der Waals surface area contributed by atoms with Gasteiger partial charge in [-0.2, -0.15) is 0 Å². The maximum atomic E-state index is 5.85. The van der Waals surface area contributed by atoms with Crippen molar-refractivity contribution < 1.29 is 9.47 Å². The van der Waals surface area contributed by atoms with Gasteiger partial charge in [0, 0.05) is 12.5 Å². The first-order chi connectivity index (χ1) is 10.3. The highest BCUT2D eigenvalue weighted by molar-refractivity contribution is 5.35. The number of hydrogen-bond acceptors (Lipinski definition) is 3. The zero-order valence-corrected chi connectivity index (χ0v) is 12.1. The van der Waals surface area contributed by atoms with Gasteiger partial charge >= 0.3 is 0 Å². The van der Waals surface area contributed by atoms with Gasteiger partial charge in [-0.3, -0.25) is 0 Å². The zero-order valence-electron chi connectivity index (χ0n) is 12.1. The van der Waals surface area contributed by atoms with Gasteiger partial charge < -0.3 is 15.2 Å². The average molecular weight is 283 g/mol. The molecule has 3 nitrogen and oxygen atoms in total. The van der Waals surface area contributed by atoms with Crippen LogP contribution in [0, 0.1) is 5.92 Å². The van der Waals surface area contributed by atoms with Crippen LogP contribution < -0.4 is 15.2 Å². The minimum absolute atomic E-state index is 0.538. The van der Waals surface area contributed by atoms with E-state index >= 15 is 0 Å². The quantitative estimate of drug-likeness (QED) is 0.917. The Morgan fingerprint density at radius 3 is 2.71 bits per heavy atom. The fraction of sp³-hybridized carbons (Fsp3) is 0.333. The SMILES string of the molecule is NCCOc1ccc(C[C@@H]2COc3ccccc3C2)cc1. The highest BCUT2D eigenvalue weighted by atomic mass is 16.5. The second-order valence-corrected chi connectivity index (χ2v) is 5.47. The predicted molar refractivity (Wildman–Crippen MR) is 83.8 cm³/mol. The second-order valence-electron chi connectivity index (χ2n) is 5.47. The molecule has 0 amide bonds. The Balaban J connectivity index is 1.60. The lowest BCUT2D eigenvalue weighted by Gasteiger charge is -2.25. The number of hydrogen-bond donors (Lipinski definition) is 1. The van der Waals surface area contributed by atoms with Crippen LogP contribution in [0.5, 0.6) is 11.5 Å². The van der Waals surface area contributed by atoms with E-state index in [-0.39, 0.29) is 0 Å². The normalized spacial score (nSPS) is 16.9. The largest absolute Gasteiger partial charge is 0.493 e. The third-order valence-corrected chi connectivity index (χ3v) is 3.79. The Hall–Kier alpha value is -2.00. The molecule has 110 valence electrons. The van der Waals surface area contributed by atoms with Crippen molar-refractivity contribution in [2.24, 2.45) is 11.7 Å². The number of nitrogens with two attached hydrogens (primary N) is 1. The number of para-hydroxylation sites is 1. The van der Waals surface area contributed by atoms with E-state index in [1.54, 1.807) is 0 Å². The van der Waals surface area contributed by atoms with Gasteiger partial charge in [-0.1, -0.05) is 30.3 Å². The van der Waals surface area contributed by atoms with Crippen molar-refractivity contribution in [3.05, 3.63) is 59.7 Å². The smallest absolute Gasteiger partial charge is 0.122 e. The fourth-order valence-corrected chi connectivity index (χ4v) is 2.75. The molecule has 1 heterocycles. The topological polar surface area (TPSA) is 44.5 Å². The van der Waals surface area contributed by atoms with Crippen molar-refractivity contribution in [1.29, 1.82) is 0 Å². The van der Waals surface area contributed by atoms with Gasteiger partial charge in [0.25, 0.3) is 0 Å².